The zero-order chi connectivity index (χ0) is 7.41. The van der Waals surface area contributed by atoms with Crippen LogP contribution in [-0.2, 0) is 0 Å². The van der Waals surface area contributed by atoms with Crippen molar-refractivity contribution >= 4 is 0 Å². The van der Waals surface area contributed by atoms with Crippen molar-refractivity contribution in [2.75, 3.05) is 0 Å². The third kappa shape index (κ3) is 0.724. The van der Waals surface area contributed by atoms with E-state index in [-0.39, 0.29) is 0 Å². The molecule has 0 nitrogen and oxygen atoms in total. The van der Waals surface area contributed by atoms with Crippen LogP contribution in [0.1, 0.15) is 39.5 Å². The molecule has 2 bridgehead atoms. The highest BCUT2D eigenvalue weighted by Crippen LogP contribution is 2.71. The first-order valence-electron chi connectivity index (χ1n) is 4.23. The Morgan fingerprint density at radius 3 is 2.10 bits per heavy atom. The first-order valence-corrected chi connectivity index (χ1v) is 4.23. The van der Waals surface area contributed by atoms with Crippen molar-refractivity contribution in [1.29, 1.82) is 0 Å². The molecule has 0 spiro atoms. The Balaban J connectivity index is 1.87. The molecule has 0 atom stereocenters. The predicted molar refractivity (Wildman–Crippen MR) is 39.6 cm³/mol. The fraction of sp³-hybridized carbons (Fsp3) is 1.00. The van der Waals surface area contributed by atoms with Crippen LogP contribution in [0.5, 0.6) is 0 Å². The molecule has 3 aliphatic rings. The van der Waals surface area contributed by atoms with Crippen LogP contribution in [0, 0.1) is 11.3 Å². The van der Waals surface area contributed by atoms with Gasteiger partial charge in [-0.25, -0.2) is 4.39 Å². The summed E-state index contributed by atoms with van der Waals surface area (Å²) < 4.78 is 13.0. The summed E-state index contributed by atoms with van der Waals surface area (Å²) in [5, 5.41) is 0. The van der Waals surface area contributed by atoms with Crippen LogP contribution in [0.4, 0.5) is 4.39 Å². The number of alkyl halides is 1. The highest BCUT2D eigenvalue weighted by molar-refractivity contribution is 5.18. The average Bonchev–Trinajstić information content (AvgIpc) is 1.56. The van der Waals surface area contributed by atoms with Crippen molar-refractivity contribution in [2.45, 2.75) is 45.2 Å². The molecular weight excluding hydrogens is 127 g/mol. The van der Waals surface area contributed by atoms with Crippen molar-refractivity contribution in [2.24, 2.45) is 11.3 Å². The van der Waals surface area contributed by atoms with Crippen LogP contribution >= 0.6 is 0 Å². The van der Waals surface area contributed by atoms with E-state index in [1.165, 1.54) is 6.42 Å². The van der Waals surface area contributed by atoms with Crippen LogP contribution in [0.25, 0.3) is 0 Å². The molecule has 1 heteroatoms. The number of halogens is 1. The maximum atomic E-state index is 13.0. The summed E-state index contributed by atoms with van der Waals surface area (Å²) in [5.74, 6) is 0.754. The van der Waals surface area contributed by atoms with Crippen molar-refractivity contribution in [3.8, 4) is 0 Å². The molecule has 58 valence electrons. The molecule has 0 N–H and O–H groups in total. The van der Waals surface area contributed by atoms with Crippen LogP contribution in [0.15, 0.2) is 0 Å². The van der Waals surface area contributed by atoms with E-state index in [2.05, 4.69) is 13.8 Å². The SMILES string of the molecule is CC(C)CC12CC(F)(C1)C2. The molecule has 3 aliphatic carbocycles. The summed E-state index contributed by atoms with van der Waals surface area (Å²) in [7, 11) is 0. The second-order valence-corrected chi connectivity index (χ2v) is 4.78. The van der Waals surface area contributed by atoms with Gasteiger partial charge in [0.25, 0.3) is 0 Å². The van der Waals surface area contributed by atoms with Gasteiger partial charge in [-0.1, -0.05) is 13.8 Å². The van der Waals surface area contributed by atoms with Gasteiger partial charge < -0.3 is 0 Å². The standard InChI is InChI=1S/C9H15F/c1-7(2)3-8-4-9(10,5-8)6-8/h7H,3-6H2,1-2H3. The maximum absolute atomic E-state index is 13.0. The number of rotatable bonds is 2. The third-order valence-corrected chi connectivity index (χ3v) is 2.92. The molecule has 0 saturated heterocycles. The Bertz CT molecular complexity index is 140. The van der Waals surface area contributed by atoms with Gasteiger partial charge in [0.05, 0.1) is 0 Å². The molecule has 10 heavy (non-hydrogen) atoms. The largest absolute Gasteiger partial charge is 0.244 e. The monoisotopic (exact) mass is 142 g/mol. The van der Waals surface area contributed by atoms with Crippen LogP contribution in [0.2, 0.25) is 0 Å². The molecule has 3 rings (SSSR count). The van der Waals surface area contributed by atoms with E-state index in [4.69, 9.17) is 0 Å². The van der Waals surface area contributed by atoms with Gasteiger partial charge in [-0.15, -0.1) is 0 Å². The van der Waals surface area contributed by atoms with E-state index >= 15 is 0 Å². The lowest BCUT2D eigenvalue weighted by molar-refractivity contribution is -0.220. The van der Waals surface area contributed by atoms with Crippen molar-refractivity contribution < 1.29 is 4.39 Å². The quantitative estimate of drug-likeness (QED) is 0.556. The van der Waals surface area contributed by atoms with Crippen molar-refractivity contribution in [3.63, 3.8) is 0 Å². The van der Waals surface area contributed by atoms with E-state index in [1.807, 2.05) is 0 Å². The minimum Gasteiger partial charge on any atom is -0.244 e. The fourth-order valence-electron chi connectivity index (χ4n) is 2.94. The molecule has 0 amide bonds. The molecule has 0 unspecified atom stereocenters. The van der Waals surface area contributed by atoms with Crippen LogP contribution < -0.4 is 0 Å². The lowest BCUT2D eigenvalue weighted by atomic mass is 9.40. The molecule has 0 aliphatic heterocycles. The Hall–Kier alpha value is -0.0700. The van der Waals surface area contributed by atoms with Crippen molar-refractivity contribution in [3.05, 3.63) is 0 Å². The van der Waals surface area contributed by atoms with E-state index < -0.39 is 5.67 Å². The Morgan fingerprint density at radius 1 is 1.30 bits per heavy atom. The molecule has 3 saturated carbocycles. The van der Waals surface area contributed by atoms with Gasteiger partial charge in [0.1, 0.15) is 5.67 Å². The van der Waals surface area contributed by atoms with E-state index in [1.54, 1.807) is 0 Å². The van der Waals surface area contributed by atoms with Crippen LogP contribution in [-0.4, -0.2) is 5.67 Å². The van der Waals surface area contributed by atoms with Crippen LogP contribution in [0.3, 0.4) is 0 Å². The first kappa shape index (κ1) is 6.63. The highest BCUT2D eigenvalue weighted by Gasteiger charge is 2.68. The Labute approximate surface area is 61.8 Å². The summed E-state index contributed by atoms with van der Waals surface area (Å²) in [6, 6.07) is 0. The fourth-order valence-corrected chi connectivity index (χ4v) is 2.94. The van der Waals surface area contributed by atoms with Gasteiger partial charge >= 0.3 is 0 Å². The lowest BCUT2D eigenvalue weighted by Crippen LogP contribution is -2.64. The molecule has 0 aromatic rings. The summed E-state index contributed by atoms with van der Waals surface area (Å²) >= 11 is 0. The first-order chi connectivity index (χ1) is 4.54. The van der Waals surface area contributed by atoms with Gasteiger partial charge in [-0.05, 0) is 37.0 Å². The zero-order valence-electron chi connectivity index (χ0n) is 6.78. The number of hydrogen-bond acceptors (Lipinski definition) is 0. The lowest BCUT2D eigenvalue weighted by Gasteiger charge is -2.66. The summed E-state index contributed by atoms with van der Waals surface area (Å²) in [6.07, 6.45) is 3.87. The van der Waals surface area contributed by atoms with Gasteiger partial charge in [-0.2, -0.15) is 0 Å². The molecule has 0 radical (unpaired) electrons. The van der Waals surface area contributed by atoms with Gasteiger partial charge in [0, 0.05) is 0 Å². The smallest absolute Gasteiger partial charge is 0.112 e. The second-order valence-electron chi connectivity index (χ2n) is 4.78. The minimum absolute atomic E-state index is 0.475. The Kier molecular flexibility index (Phi) is 1.04. The zero-order valence-corrected chi connectivity index (χ0v) is 6.78. The van der Waals surface area contributed by atoms with Gasteiger partial charge in [-0.3, -0.25) is 0 Å². The second kappa shape index (κ2) is 1.57. The highest BCUT2D eigenvalue weighted by atomic mass is 19.1. The molecule has 3 fully saturated rings. The predicted octanol–water partition coefficient (Wildman–Crippen LogP) is 2.92. The van der Waals surface area contributed by atoms with E-state index in [0.717, 1.165) is 25.2 Å². The summed E-state index contributed by atoms with van der Waals surface area (Å²) in [5.41, 5.74) is -0.211. The van der Waals surface area contributed by atoms with Crippen molar-refractivity contribution in [1.82, 2.24) is 0 Å². The minimum atomic E-state index is -0.686. The summed E-state index contributed by atoms with van der Waals surface area (Å²) in [6.45, 7) is 4.45. The van der Waals surface area contributed by atoms with Gasteiger partial charge in [0.15, 0.2) is 0 Å². The molecular formula is C9H15F. The van der Waals surface area contributed by atoms with Gasteiger partial charge in [0.2, 0.25) is 0 Å². The third-order valence-electron chi connectivity index (χ3n) is 2.92. The maximum Gasteiger partial charge on any atom is 0.112 e. The summed E-state index contributed by atoms with van der Waals surface area (Å²) in [4.78, 5) is 0. The van der Waals surface area contributed by atoms with E-state index in [9.17, 15) is 4.39 Å². The normalized spacial score (nSPS) is 50.4. The Morgan fingerprint density at radius 2 is 1.80 bits per heavy atom. The molecule has 0 aromatic carbocycles. The van der Waals surface area contributed by atoms with E-state index in [0.29, 0.717) is 5.41 Å². The topological polar surface area (TPSA) is 0 Å². The number of hydrogen-bond donors (Lipinski definition) is 0. The average molecular weight is 142 g/mol. The molecule has 0 aromatic heterocycles. The molecule has 0 heterocycles.